The Kier molecular flexibility index (Phi) is 6.16. The molecule has 8 nitrogen and oxygen atoms in total. The lowest BCUT2D eigenvalue weighted by atomic mass is 10.1. The van der Waals surface area contributed by atoms with E-state index in [1.807, 2.05) is 29.2 Å². The van der Waals surface area contributed by atoms with Crippen LogP contribution in [0, 0.1) is 0 Å². The summed E-state index contributed by atoms with van der Waals surface area (Å²) in [6.45, 7) is 9.32. The summed E-state index contributed by atoms with van der Waals surface area (Å²) in [6.07, 6.45) is 4.44. The van der Waals surface area contributed by atoms with Crippen molar-refractivity contribution in [2.75, 3.05) is 13.1 Å². The van der Waals surface area contributed by atoms with Crippen LogP contribution in [0.4, 0.5) is 4.79 Å². The number of carbonyl (C=O) groups is 2. The number of hydrogen-bond acceptors (Lipinski definition) is 4. The van der Waals surface area contributed by atoms with Gasteiger partial charge in [0.05, 0.1) is 5.56 Å². The van der Waals surface area contributed by atoms with E-state index in [1.165, 1.54) is 0 Å². The van der Waals surface area contributed by atoms with Crippen molar-refractivity contribution in [3.8, 4) is 0 Å². The molecule has 152 valence electrons. The molecule has 0 aromatic carbocycles. The van der Waals surface area contributed by atoms with Crippen molar-refractivity contribution in [2.24, 2.45) is 0 Å². The van der Waals surface area contributed by atoms with Gasteiger partial charge in [-0.15, -0.1) is 10.2 Å². The molecule has 0 radical (unpaired) electrons. The van der Waals surface area contributed by atoms with Gasteiger partial charge in [-0.25, -0.2) is 4.79 Å². The number of amides is 3. The molecule has 0 spiro atoms. The second-order valence-electron chi connectivity index (χ2n) is 7.73. The van der Waals surface area contributed by atoms with E-state index in [1.54, 1.807) is 12.3 Å². The molecule has 1 fully saturated rings. The Morgan fingerprint density at radius 3 is 2.61 bits per heavy atom. The van der Waals surface area contributed by atoms with Gasteiger partial charge in [0.1, 0.15) is 5.82 Å². The lowest BCUT2D eigenvalue weighted by Crippen LogP contribution is -2.41. The van der Waals surface area contributed by atoms with Gasteiger partial charge in [-0.05, 0) is 45.2 Å². The van der Waals surface area contributed by atoms with Crippen molar-refractivity contribution < 1.29 is 9.59 Å². The van der Waals surface area contributed by atoms with E-state index in [0.29, 0.717) is 24.3 Å². The lowest BCUT2D eigenvalue weighted by Gasteiger charge is -2.19. The maximum atomic E-state index is 12.6. The van der Waals surface area contributed by atoms with Crippen LogP contribution in [-0.4, -0.2) is 56.6 Å². The van der Waals surface area contributed by atoms with Gasteiger partial charge in [0.15, 0.2) is 5.65 Å². The van der Waals surface area contributed by atoms with E-state index in [-0.39, 0.29) is 29.9 Å². The number of aromatic nitrogens is 3. The van der Waals surface area contributed by atoms with Crippen LogP contribution in [-0.2, 0) is 0 Å². The highest BCUT2D eigenvalue weighted by Gasteiger charge is 2.30. The molecule has 3 amide bonds. The molecule has 0 aliphatic carbocycles. The number of nitrogens with zero attached hydrogens (tertiary/aromatic N) is 4. The summed E-state index contributed by atoms with van der Waals surface area (Å²) in [4.78, 5) is 26.7. The Morgan fingerprint density at radius 1 is 1.18 bits per heavy atom. The zero-order chi connectivity index (χ0) is 20.3. The van der Waals surface area contributed by atoms with Gasteiger partial charge in [0.25, 0.3) is 5.91 Å². The molecular weight excluding hydrogens is 356 g/mol. The quantitative estimate of drug-likeness (QED) is 0.798. The maximum Gasteiger partial charge on any atom is 0.317 e. The molecule has 0 saturated carbocycles. The Morgan fingerprint density at radius 2 is 1.93 bits per heavy atom. The molecule has 0 bridgehead atoms. The van der Waals surface area contributed by atoms with Crippen molar-refractivity contribution in [1.29, 1.82) is 0 Å². The van der Waals surface area contributed by atoms with Gasteiger partial charge in [-0.1, -0.05) is 13.8 Å². The first kappa shape index (κ1) is 20.1. The van der Waals surface area contributed by atoms with Crippen LogP contribution in [0.25, 0.3) is 5.65 Å². The topological polar surface area (TPSA) is 91.6 Å². The van der Waals surface area contributed by atoms with E-state index in [9.17, 15) is 9.59 Å². The lowest BCUT2D eigenvalue weighted by molar-refractivity contribution is 0.0934. The average Bonchev–Trinajstić information content (AvgIpc) is 3.31. The monoisotopic (exact) mass is 386 g/mol. The summed E-state index contributed by atoms with van der Waals surface area (Å²) < 4.78 is 1.89. The Labute approximate surface area is 165 Å². The number of pyridine rings is 1. The minimum Gasteiger partial charge on any atom is -0.349 e. The smallest absolute Gasteiger partial charge is 0.317 e. The first-order chi connectivity index (χ1) is 13.4. The predicted molar refractivity (Wildman–Crippen MR) is 107 cm³/mol. The highest BCUT2D eigenvalue weighted by molar-refractivity contribution is 5.94. The molecule has 28 heavy (non-hydrogen) atoms. The summed E-state index contributed by atoms with van der Waals surface area (Å²) in [5, 5.41) is 14.6. The zero-order valence-corrected chi connectivity index (χ0v) is 17.1. The molecule has 8 heteroatoms. The SMILES string of the molecule is CCC(CC)NC(=O)c1ccc2nnc([C@H]3CCN(C(=O)NC(C)C)C3)n2c1. The van der Waals surface area contributed by atoms with Crippen LogP contribution in [0.5, 0.6) is 0 Å². The highest BCUT2D eigenvalue weighted by atomic mass is 16.2. The van der Waals surface area contributed by atoms with E-state index in [4.69, 9.17) is 0 Å². The van der Waals surface area contributed by atoms with Crippen LogP contribution < -0.4 is 10.6 Å². The second-order valence-corrected chi connectivity index (χ2v) is 7.73. The minimum atomic E-state index is -0.0837. The third kappa shape index (κ3) is 4.26. The first-order valence-electron chi connectivity index (χ1n) is 10.1. The average molecular weight is 387 g/mol. The fourth-order valence-corrected chi connectivity index (χ4v) is 3.58. The summed E-state index contributed by atoms with van der Waals surface area (Å²) in [5.41, 5.74) is 1.30. The normalized spacial score (nSPS) is 16.9. The Hall–Kier alpha value is -2.64. The van der Waals surface area contributed by atoms with Crippen LogP contribution >= 0.6 is 0 Å². The van der Waals surface area contributed by atoms with Gasteiger partial charge >= 0.3 is 6.03 Å². The molecule has 3 rings (SSSR count). The minimum absolute atomic E-state index is 0.0449. The molecule has 3 heterocycles. The largest absolute Gasteiger partial charge is 0.349 e. The van der Waals surface area contributed by atoms with Gasteiger partial charge in [-0.2, -0.15) is 0 Å². The van der Waals surface area contributed by atoms with E-state index in [2.05, 4.69) is 34.7 Å². The molecule has 1 saturated heterocycles. The van der Waals surface area contributed by atoms with Gasteiger partial charge < -0.3 is 15.5 Å². The number of likely N-dealkylation sites (tertiary alicyclic amines) is 1. The third-order valence-corrected chi connectivity index (χ3v) is 5.26. The molecule has 2 aromatic rings. The second kappa shape index (κ2) is 8.58. The number of urea groups is 1. The van der Waals surface area contributed by atoms with Crippen LogP contribution in [0.15, 0.2) is 18.3 Å². The third-order valence-electron chi connectivity index (χ3n) is 5.26. The number of nitrogens with one attached hydrogen (secondary N) is 2. The van der Waals surface area contributed by atoms with Gasteiger partial charge in [0.2, 0.25) is 0 Å². The summed E-state index contributed by atoms with van der Waals surface area (Å²) in [5.74, 6) is 0.817. The fraction of sp³-hybridized carbons (Fsp3) is 0.600. The number of carbonyl (C=O) groups excluding carboxylic acids is 2. The van der Waals surface area contributed by atoms with Crippen LogP contribution in [0.1, 0.15) is 69.1 Å². The summed E-state index contributed by atoms with van der Waals surface area (Å²) >= 11 is 0. The molecule has 2 aromatic heterocycles. The molecule has 1 aliphatic rings. The van der Waals surface area contributed by atoms with Crippen LogP contribution in [0.3, 0.4) is 0 Å². The van der Waals surface area contributed by atoms with Crippen molar-refractivity contribution >= 4 is 17.6 Å². The summed E-state index contributed by atoms with van der Waals surface area (Å²) in [7, 11) is 0. The Bertz CT molecular complexity index is 842. The van der Waals surface area contributed by atoms with Crippen molar-refractivity contribution in [1.82, 2.24) is 30.1 Å². The van der Waals surface area contributed by atoms with Gasteiger partial charge in [-0.3, -0.25) is 9.20 Å². The standard InChI is InChI=1S/C20H30N6O2/c1-5-16(6-2)22-19(27)15-7-8-17-23-24-18(26(17)12-15)14-9-10-25(11-14)20(28)21-13(3)4/h7-8,12-14,16H,5-6,9-11H2,1-4H3,(H,21,28)(H,22,27)/t14-/m0/s1. The fourth-order valence-electron chi connectivity index (χ4n) is 3.58. The molecule has 1 aliphatic heterocycles. The van der Waals surface area contributed by atoms with E-state index >= 15 is 0 Å². The maximum absolute atomic E-state index is 12.6. The Balaban J connectivity index is 1.78. The zero-order valence-electron chi connectivity index (χ0n) is 17.1. The number of fused-ring (bicyclic) bond motifs is 1. The molecular formula is C20H30N6O2. The summed E-state index contributed by atoms with van der Waals surface area (Å²) in [6, 6.07) is 3.83. The van der Waals surface area contributed by atoms with E-state index < -0.39 is 0 Å². The number of hydrogen-bond donors (Lipinski definition) is 2. The van der Waals surface area contributed by atoms with Crippen molar-refractivity contribution in [3.63, 3.8) is 0 Å². The molecule has 1 atom stereocenters. The highest BCUT2D eigenvalue weighted by Crippen LogP contribution is 2.26. The number of rotatable bonds is 6. The molecule has 2 N–H and O–H groups in total. The predicted octanol–water partition coefficient (Wildman–Crippen LogP) is 2.56. The first-order valence-corrected chi connectivity index (χ1v) is 10.1. The molecule has 0 unspecified atom stereocenters. The van der Waals surface area contributed by atoms with E-state index in [0.717, 1.165) is 25.1 Å². The van der Waals surface area contributed by atoms with Crippen molar-refractivity contribution in [3.05, 3.63) is 29.7 Å². The van der Waals surface area contributed by atoms with Gasteiger partial charge in [0, 0.05) is 37.3 Å². The van der Waals surface area contributed by atoms with Crippen LogP contribution in [0.2, 0.25) is 0 Å². The van der Waals surface area contributed by atoms with Crippen molar-refractivity contribution in [2.45, 2.75) is 65.0 Å².